The van der Waals surface area contributed by atoms with Gasteiger partial charge in [-0.25, -0.2) is 0 Å². The van der Waals surface area contributed by atoms with Crippen LogP contribution in [0.3, 0.4) is 0 Å². The van der Waals surface area contributed by atoms with Gasteiger partial charge in [0.1, 0.15) is 0 Å². The summed E-state index contributed by atoms with van der Waals surface area (Å²) in [6.45, 7) is 3.21. The van der Waals surface area contributed by atoms with Crippen molar-refractivity contribution in [3.05, 3.63) is 5.54 Å². The van der Waals surface area contributed by atoms with Gasteiger partial charge < -0.3 is 4.74 Å². The first-order chi connectivity index (χ1) is 3.34. The molecule has 0 amide bonds. The molecule has 1 fully saturated rings. The van der Waals surface area contributed by atoms with Gasteiger partial charge in [0.2, 0.25) is 0 Å². The van der Waals surface area contributed by atoms with Gasteiger partial charge in [0, 0.05) is 10.2 Å². The second kappa shape index (κ2) is 1.97. The fourth-order valence-electron chi connectivity index (χ4n) is 0.560. The van der Waals surface area contributed by atoms with Crippen molar-refractivity contribution in [3.63, 3.8) is 0 Å². The second-order valence-corrected chi connectivity index (χ2v) is 3.31. The van der Waals surface area contributed by atoms with Gasteiger partial charge in [-0.15, -0.1) is 0 Å². The summed E-state index contributed by atoms with van der Waals surface area (Å²) in [5.74, 6) is 0. The summed E-state index contributed by atoms with van der Waals surface area (Å²) in [5, 5.41) is 0. The van der Waals surface area contributed by atoms with E-state index in [1.54, 1.807) is 5.54 Å². The lowest BCUT2D eigenvalue weighted by Crippen LogP contribution is -2.02. The quantitative estimate of drug-likeness (QED) is 0.355. The van der Waals surface area contributed by atoms with Crippen molar-refractivity contribution in [3.8, 4) is 0 Å². The molecule has 1 unspecified atom stereocenters. The highest BCUT2D eigenvalue weighted by Crippen LogP contribution is 2.20. The van der Waals surface area contributed by atoms with E-state index in [9.17, 15) is 0 Å². The minimum absolute atomic E-state index is 0.594. The van der Waals surface area contributed by atoms with Crippen molar-refractivity contribution in [2.45, 2.75) is 19.4 Å². The summed E-state index contributed by atoms with van der Waals surface area (Å²) < 4.78 is 5.06. The molecule has 1 atom stereocenters. The normalized spacial score (nSPS) is 29.1. The molecule has 0 spiro atoms. The first kappa shape index (κ1) is 5.32. The van der Waals surface area contributed by atoms with Crippen molar-refractivity contribution in [2.75, 3.05) is 6.61 Å². The predicted octanol–water partition coefficient (Wildman–Crippen LogP) is -0.307. The highest BCUT2D eigenvalue weighted by atomic mass is 28.1. The van der Waals surface area contributed by atoms with Crippen LogP contribution >= 0.6 is 0 Å². The van der Waals surface area contributed by atoms with Crippen LogP contribution in [0.25, 0.3) is 0 Å². The number of epoxide rings is 1. The van der Waals surface area contributed by atoms with Crippen LogP contribution in [0, 0.1) is 5.54 Å². The van der Waals surface area contributed by atoms with Crippen LogP contribution in [-0.4, -0.2) is 23.0 Å². The average Bonchev–Trinajstić information content (AvgIpc) is 2.44. The average molecular weight is 115 g/mol. The molecule has 1 nitrogen and oxygen atoms in total. The monoisotopic (exact) mass is 115 g/mol. The molecule has 1 saturated heterocycles. The summed E-state index contributed by atoms with van der Waals surface area (Å²) in [5.41, 5.74) is 1.63. The highest BCUT2D eigenvalue weighted by molar-refractivity contribution is 6.19. The Bertz CT molecular complexity index is 61.1. The summed E-state index contributed by atoms with van der Waals surface area (Å²) >= 11 is 0. The minimum Gasteiger partial charge on any atom is -0.373 e. The Hall–Kier alpha value is 0.177. The molecule has 2 heteroatoms. The van der Waals surface area contributed by atoms with Crippen LogP contribution in [0.2, 0.25) is 0 Å². The molecule has 0 aromatic carbocycles. The Morgan fingerprint density at radius 1 is 2.00 bits per heavy atom. The molecule has 1 aliphatic rings. The third-order valence-corrected chi connectivity index (χ3v) is 2.79. The molecule has 0 aromatic heterocycles. The van der Waals surface area contributed by atoms with Crippen molar-refractivity contribution < 1.29 is 4.74 Å². The van der Waals surface area contributed by atoms with E-state index in [-0.39, 0.29) is 0 Å². The van der Waals surface area contributed by atoms with Crippen molar-refractivity contribution in [1.82, 2.24) is 0 Å². The molecule has 0 N–H and O–H groups in total. The van der Waals surface area contributed by atoms with E-state index in [0.717, 1.165) is 6.61 Å². The summed E-state index contributed by atoms with van der Waals surface area (Å²) in [6, 6.07) is 0. The number of hydrogen-bond donors (Lipinski definition) is 0. The van der Waals surface area contributed by atoms with E-state index >= 15 is 0 Å². The van der Waals surface area contributed by atoms with Crippen molar-refractivity contribution in [1.29, 1.82) is 0 Å². The van der Waals surface area contributed by atoms with Gasteiger partial charge in [0.15, 0.2) is 0 Å². The van der Waals surface area contributed by atoms with E-state index in [2.05, 4.69) is 6.92 Å². The molecule has 41 valence electrons. The van der Waals surface area contributed by atoms with Gasteiger partial charge in [0.05, 0.1) is 12.7 Å². The predicted molar refractivity (Wildman–Crippen MR) is 33.2 cm³/mol. The number of rotatable bonds is 2. The summed E-state index contributed by atoms with van der Waals surface area (Å²) in [4.78, 5) is 0. The molecular formula is C5H11OSi. The maximum absolute atomic E-state index is 5.06. The van der Waals surface area contributed by atoms with E-state index in [4.69, 9.17) is 4.74 Å². The molecule has 0 saturated carbocycles. The van der Waals surface area contributed by atoms with Gasteiger partial charge >= 0.3 is 0 Å². The van der Waals surface area contributed by atoms with Crippen LogP contribution < -0.4 is 0 Å². The lowest BCUT2D eigenvalue weighted by molar-refractivity contribution is 0.421. The molecule has 7 heavy (non-hydrogen) atoms. The van der Waals surface area contributed by atoms with Gasteiger partial charge in [-0.2, -0.15) is 0 Å². The standard InChI is InChI=1S/C5H11OSi/c1-2-5(7)4-3-6-4/h4H,2-3H2,1,7H3. The molecule has 0 aliphatic carbocycles. The third kappa shape index (κ3) is 1.28. The smallest absolute Gasteiger partial charge is 0.0836 e. The number of ether oxygens (including phenoxy) is 1. The zero-order valence-electron chi connectivity index (χ0n) is 4.90. The van der Waals surface area contributed by atoms with Gasteiger partial charge in [-0.05, 0) is 5.54 Å². The summed E-state index contributed by atoms with van der Waals surface area (Å²) in [7, 11) is 1.23. The maximum atomic E-state index is 5.06. The fraction of sp³-hybridized carbons (Fsp3) is 0.800. The van der Waals surface area contributed by atoms with Crippen molar-refractivity contribution >= 4 is 10.2 Å². The van der Waals surface area contributed by atoms with Crippen LogP contribution in [0.1, 0.15) is 13.3 Å². The molecule has 0 aromatic rings. The van der Waals surface area contributed by atoms with Crippen LogP contribution in [0.15, 0.2) is 0 Å². The third-order valence-electron chi connectivity index (χ3n) is 1.44. The first-order valence-corrected chi connectivity index (χ1v) is 3.78. The van der Waals surface area contributed by atoms with E-state index in [1.165, 1.54) is 16.7 Å². The van der Waals surface area contributed by atoms with E-state index in [0.29, 0.717) is 6.10 Å². The second-order valence-electron chi connectivity index (χ2n) is 2.02. The highest BCUT2D eigenvalue weighted by Gasteiger charge is 2.27. The largest absolute Gasteiger partial charge is 0.373 e. The Kier molecular flexibility index (Phi) is 1.49. The van der Waals surface area contributed by atoms with Gasteiger partial charge in [0.25, 0.3) is 0 Å². The SMILES string of the molecule is CC[C]([SiH3])C1CO1. The molecular weight excluding hydrogens is 104 g/mol. The van der Waals surface area contributed by atoms with E-state index < -0.39 is 0 Å². The Labute approximate surface area is 47.5 Å². The molecule has 0 bridgehead atoms. The lowest BCUT2D eigenvalue weighted by Gasteiger charge is -1.97. The Balaban J connectivity index is 2.10. The maximum Gasteiger partial charge on any atom is 0.0836 e. The first-order valence-electron chi connectivity index (χ1n) is 2.78. The van der Waals surface area contributed by atoms with Crippen LogP contribution in [-0.2, 0) is 4.74 Å². The zero-order chi connectivity index (χ0) is 5.28. The van der Waals surface area contributed by atoms with Gasteiger partial charge in [-0.1, -0.05) is 13.3 Å². The molecule has 1 heterocycles. The van der Waals surface area contributed by atoms with E-state index in [1.807, 2.05) is 0 Å². The lowest BCUT2D eigenvalue weighted by atomic mass is 10.3. The van der Waals surface area contributed by atoms with Gasteiger partial charge in [-0.3, -0.25) is 0 Å². The topological polar surface area (TPSA) is 12.5 Å². The molecule has 1 rings (SSSR count). The van der Waals surface area contributed by atoms with Crippen LogP contribution in [0.4, 0.5) is 0 Å². The Morgan fingerprint density at radius 2 is 2.57 bits per heavy atom. The Morgan fingerprint density at radius 3 is 2.71 bits per heavy atom. The summed E-state index contributed by atoms with van der Waals surface area (Å²) in [6.07, 6.45) is 1.83. The van der Waals surface area contributed by atoms with Crippen LogP contribution in [0.5, 0.6) is 0 Å². The fourth-order valence-corrected chi connectivity index (χ4v) is 0.894. The minimum atomic E-state index is 0.594. The molecule has 1 aliphatic heterocycles. The number of hydrogen-bond acceptors (Lipinski definition) is 1. The van der Waals surface area contributed by atoms with Crippen molar-refractivity contribution in [2.24, 2.45) is 0 Å². The zero-order valence-corrected chi connectivity index (χ0v) is 6.90. The molecule has 1 radical (unpaired) electrons.